The molecule has 0 heterocycles. The monoisotopic (exact) mass is 280 g/mol. The molecule has 1 heteroatoms. The zero-order chi connectivity index (χ0) is 13.9. The van der Waals surface area contributed by atoms with Crippen LogP contribution in [0.15, 0.2) is 66.7 Å². The van der Waals surface area contributed by atoms with Crippen molar-refractivity contribution < 1.29 is 0 Å². The van der Waals surface area contributed by atoms with E-state index in [1.54, 1.807) is 0 Å². The highest BCUT2D eigenvalue weighted by Gasteiger charge is 2.15. The second kappa shape index (κ2) is 5.68. The summed E-state index contributed by atoms with van der Waals surface area (Å²) in [7, 11) is 0. The van der Waals surface area contributed by atoms with Crippen LogP contribution in [-0.2, 0) is 6.42 Å². The van der Waals surface area contributed by atoms with Gasteiger partial charge in [0, 0.05) is 0 Å². The fraction of sp³-hybridized carbons (Fsp3) is 0.158. The van der Waals surface area contributed by atoms with E-state index >= 15 is 0 Å². The lowest BCUT2D eigenvalue weighted by molar-refractivity contribution is 1.05. The third-order valence-corrected chi connectivity index (χ3v) is 4.28. The molecule has 0 aliphatic carbocycles. The predicted octanol–water partition coefficient (Wildman–Crippen LogP) is 5.73. The smallest absolute Gasteiger partial charge is 0.0844 e. The minimum atomic E-state index is -0.0998. The summed E-state index contributed by atoms with van der Waals surface area (Å²) < 4.78 is 0. The van der Waals surface area contributed by atoms with Crippen molar-refractivity contribution in [3.05, 3.63) is 83.4 Å². The number of benzene rings is 3. The van der Waals surface area contributed by atoms with Crippen molar-refractivity contribution in [2.75, 3.05) is 0 Å². The van der Waals surface area contributed by atoms with Gasteiger partial charge in [0.25, 0.3) is 0 Å². The number of alkyl halides is 1. The molecular formula is C19H17Cl. The fourth-order valence-corrected chi connectivity index (χ4v) is 3.15. The third-order valence-electron chi connectivity index (χ3n) is 3.81. The molecule has 3 aromatic rings. The zero-order valence-corrected chi connectivity index (χ0v) is 12.3. The van der Waals surface area contributed by atoms with Crippen molar-refractivity contribution in [3.8, 4) is 0 Å². The van der Waals surface area contributed by atoms with Gasteiger partial charge in [0.15, 0.2) is 0 Å². The van der Waals surface area contributed by atoms with E-state index in [4.69, 9.17) is 11.6 Å². The number of halogens is 1. The number of aryl methyl sites for hydroxylation is 1. The van der Waals surface area contributed by atoms with E-state index in [0.29, 0.717) is 0 Å². The summed E-state index contributed by atoms with van der Waals surface area (Å²) in [6, 6.07) is 23.2. The van der Waals surface area contributed by atoms with Gasteiger partial charge in [-0.25, -0.2) is 0 Å². The molecule has 100 valence electrons. The van der Waals surface area contributed by atoms with Gasteiger partial charge in [-0.05, 0) is 33.9 Å². The van der Waals surface area contributed by atoms with E-state index in [-0.39, 0.29) is 5.38 Å². The first kappa shape index (κ1) is 13.2. The van der Waals surface area contributed by atoms with E-state index in [0.717, 1.165) is 6.42 Å². The van der Waals surface area contributed by atoms with Gasteiger partial charge in [-0.15, -0.1) is 11.6 Å². The molecule has 0 N–H and O–H groups in total. The van der Waals surface area contributed by atoms with E-state index in [1.165, 1.54) is 27.5 Å². The molecule has 0 saturated heterocycles. The minimum Gasteiger partial charge on any atom is -0.113 e. The first-order valence-corrected chi connectivity index (χ1v) is 7.44. The molecule has 0 nitrogen and oxygen atoms in total. The second-order valence-corrected chi connectivity index (χ2v) is 5.42. The van der Waals surface area contributed by atoms with Crippen LogP contribution in [0.1, 0.15) is 29.0 Å². The van der Waals surface area contributed by atoms with Gasteiger partial charge in [0.2, 0.25) is 0 Å². The van der Waals surface area contributed by atoms with Gasteiger partial charge in [-0.2, -0.15) is 0 Å². The van der Waals surface area contributed by atoms with Gasteiger partial charge in [-0.1, -0.05) is 73.7 Å². The van der Waals surface area contributed by atoms with E-state index in [1.807, 2.05) is 0 Å². The molecule has 0 saturated carbocycles. The van der Waals surface area contributed by atoms with Crippen LogP contribution in [0.5, 0.6) is 0 Å². The second-order valence-electron chi connectivity index (χ2n) is 4.98. The Morgan fingerprint density at radius 3 is 2.30 bits per heavy atom. The average Bonchev–Trinajstić information content (AvgIpc) is 2.53. The van der Waals surface area contributed by atoms with Crippen LogP contribution in [-0.4, -0.2) is 0 Å². The fourth-order valence-electron chi connectivity index (χ4n) is 2.74. The Bertz CT molecular complexity index is 725. The first-order chi connectivity index (χ1) is 9.81. The number of hydrogen-bond acceptors (Lipinski definition) is 0. The summed E-state index contributed by atoms with van der Waals surface area (Å²) in [5.41, 5.74) is 3.72. The van der Waals surface area contributed by atoms with Crippen LogP contribution in [0, 0.1) is 0 Å². The lowest BCUT2D eigenvalue weighted by atomic mass is 9.94. The molecule has 0 spiro atoms. The molecular weight excluding hydrogens is 264 g/mol. The Kier molecular flexibility index (Phi) is 3.75. The zero-order valence-electron chi connectivity index (χ0n) is 11.5. The molecule has 0 amide bonds. The Morgan fingerprint density at radius 1 is 0.800 bits per heavy atom. The standard InChI is InChI=1S/C19H17Cl/c1-2-14-8-3-6-12-17(14)19(20)18-13-7-10-15-9-4-5-11-16(15)18/h3-13,19H,2H2,1H3. The molecule has 0 fully saturated rings. The maximum atomic E-state index is 6.79. The molecule has 1 atom stereocenters. The minimum absolute atomic E-state index is 0.0998. The topological polar surface area (TPSA) is 0 Å². The van der Waals surface area contributed by atoms with Crippen LogP contribution in [0.2, 0.25) is 0 Å². The van der Waals surface area contributed by atoms with Crippen molar-refractivity contribution in [2.24, 2.45) is 0 Å². The molecule has 0 aromatic heterocycles. The van der Waals surface area contributed by atoms with Crippen molar-refractivity contribution in [1.29, 1.82) is 0 Å². The van der Waals surface area contributed by atoms with Crippen LogP contribution < -0.4 is 0 Å². The molecule has 0 radical (unpaired) electrons. The first-order valence-electron chi connectivity index (χ1n) is 7.00. The van der Waals surface area contributed by atoms with Crippen molar-refractivity contribution >= 4 is 22.4 Å². The van der Waals surface area contributed by atoms with E-state index in [2.05, 4.69) is 73.7 Å². The summed E-state index contributed by atoms with van der Waals surface area (Å²) in [5.74, 6) is 0. The Balaban J connectivity index is 2.15. The van der Waals surface area contributed by atoms with Crippen molar-refractivity contribution in [1.82, 2.24) is 0 Å². The normalized spacial score (nSPS) is 12.5. The maximum Gasteiger partial charge on any atom is 0.0844 e. The van der Waals surface area contributed by atoms with E-state index in [9.17, 15) is 0 Å². The van der Waals surface area contributed by atoms with Crippen LogP contribution in [0.25, 0.3) is 10.8 Å². The molecule has 3 aromatic carbocycles. The number of rotatable bonds is 3. The summed E-state index contributed by atoms with van der Waals surface area (Å²) in [5, 5.41) is 2.38. The van der Waals surface area contributed by atoms with Gasteiger partial charge in [0.1, 0.15) is 0 Å². The number of hydrogen-bond donors (Lipinski definition) is 0. The van der Waals surface area contributed by atoms with Crippen LogP contribution in [0.3, 0.4) is 0 Å². The van der Waals surface area contributed by atoms with E-state index < -0.39 is 0 Å². The Morgan fingerprint density at radius 2 is 1.45 bits per heavy atom. The lowest BCUT2D eigenvalue weighted by Crippen LogP contribution is -1.99. The number of fused-ring (bicyclic) bond motifs is 1. The molecule has 0 aliphatic rings. The molecule has 1 unspecified atom stereocenters. The quantitative estimate of drug-likeness (QED) is 0.537. The highest BCUT2D eigenvalue weighted by atomic mass is 35.5. The lowest BCUT2D eigenvalue weighted by Gasteiger charge is -2.16. The molecule has 0 aliphatic heterocycles. The highest BCUT2D eigenvalue weighted by molar-refractivity contribution is 6.23. The van der Waals surface area contributed by atoms with Gasteiger partial charge >= 0.3 is 0 Å². The highest BCUT2D eigenvalue weighted by Crippen LogP contribution is 2.35. The Hall–Kier alpha value is -1.79. The molecule has 0 bridgehead atoms. The van der Waals surface area contributed by atoms with Crippen LogP contribution >= 0.6 is 11.6 Å². The Labute approximate surface area is 125 Å². The third kappa shape index (κ3) is 2.32. The predicted molar refractivity (Wildman–Crippen MR) is 87.5 cm³/mol. The van der Waals surface area contributed by atoms with Gasteiger partial charge < -0.3 is 0 Å². The molecule has 20 heavy (non-hydrogen) atoms. The summed E-state index contributed by atoms with van der Waals surface area (Å²) in [6.07, 6.45) is 1.00. The maximum absolute atomic E-state index is 6.79. The van der Waals surface area contributed by atoms with Gasteiger partial charge in [-0.3, -0.25) is 0 Å². The summed E-state index contributed by atoms with van der Waals surface area (Å²) >= 11 is 6.79. The molecule has 3 rings (SSSR count). The SMILES string of the molecule is CCc1ccccc1C(Cl)c1cccc2ccccc12. The summed E-state index contributed by atoms with van der Waals surface area (Å²) in [4.78, 5) is 0. The van der Waals surface area contributed by atoms with Crippen molar-refractivity contribution in [2.45, 2.75) is 18.7 Å². The van der Waals surface area contributed by atoms with Crippen molar-refractivity contribution in [3.63, 3.8) is 0 Å². The van der Waals surface area contributed by atoms with Crippen LogP contribution in [0.4, 0.5) is 0 Å². The average molecular weight is 281 g/mol. The largest absolute Gasteiger partial charge is 0.113 e. The van der Waals surface area contributed by atoms with Gasteiger partial charge in [0.05, 0.1) is 5.38 Å². The summed E-state index contributed by atoms with van der Waals surface area (Å²) in [6.45, 7) is 2.17.